The second-order valence-corrected chi connectivity index (χ2v) is 3.41. The molecule has 2 aromatic rings. The smallest absolute Gasteiger partial charge is 0.418 e. The van der Waals surface area contributed by atoms with Crippen molar-refractivity contribution in [3.05, 3.63) is 29.6 Å². The fraction of sp³-hybridized carbons (Fsp3) is 0.222. The maximum absolute atomic E-state index is 9.75. The van der Waals surface area contributed by atoms with Gasteiger partial charge in [-0.2, -0.15) is 0 Å². The number of fused-ring (bicyclic) bond motifs is 1. The topological polar surface area (TPSA) is 29.9 Å². The zero-order chi connectivity index (χ0) is 12.3. The minimum Gasteiger partial charge on any atom is -0.418 e. The van der Waals surface area contributed by atoms with Crippen LogP contribution in [0.4, 0.5) is 17.3 Å². The number of hydrogen-bond donors (Lipinski definition) is 1. The van der Waals surface area contributed by atoms with Crippen LogP contribution in [0.3, 0.4) is 0 Å². The van der Waals surface area contributed by atoms with E-state index in [2.05, 4.69) is 35.9 Å². The van der Waals surface area contributed by atoms with Gasteiger partial charge in [-0.1, -0.05) is 0 Å². The van der Waals surface area contributed by atoms with Gasteiger partial charge in [-0.25, -0.2) is 9.97 Å². The van der Waals surface area contributed by atoms with Crippen LogP contribution in [0.1, 0.15) is 11.1 Å². The van der Waals surface area contributed by atoms with Crippen molar-refractivity contribution in [1.29, 1.82) is 0 Å². The first-order chi connectivity index (χ1) is 7.27. The van der Waals surface area contributed by atoms with Gasteiger partial charge in [0.05, 0.1) is 0 Å². The Balaban J connectivity index is 0.000000221. The fourth-order valence-corrected chi connectivity index (χ4v) is 1.25. The highest BCUT2D eigenvalue weighted by molar-refractivity contribution is 6.50. The molecular weight excluding hydrogens is 223 g/mol. The maximum Gasteiger partial charge on any atom is 0.673 e. The van der Waals surface area contributed by atoms with Gasteiger partial charge >= 0.3 is 7.25 Å². The van der Waals surface area contributed by atoms with E-state index in [-0.39, 0.29) is 0 Å². The minimum absolute atomic E-state index is 1.17. The summed E-state index contributed by atoms with van der Waals surface area (Å²) in [6.07, 6.45) is 1.85. The third-order valence-corrected chi connectivity index (χ3v) is 2.09. The molecule has 0 unspecified atom stereocenters. The van der Waals surface area contributed by atoms with Crippen molar-refractivity contribution in [3.63, 3.8) is 0 Å². The molecule has 0 atom stereocenters. The van der Waals surface area contributed by atoms with Gasteiger partial charge in [-0.05, 0) is 37.1 Å². The summed E-state index contributed by atoms with van der Waals surface area (Å²) in [6, 6.07) is 4.31. The van der Waals surface area contributed by atoms with Gasteiger partial charge in [0.25, 0.3) is 0 Å². The number of aryl methyl sites for hydroxylation is 2. The van der Waals surface area contributed by atoms with Crippen molar-refractivity contribution in [2.45, 2.75) is 13.8 Å². The SMILES string of the molecule is Cc1cc2[nH]c[nH+]c2cc1C.F[B-](F)(F)F. The predicted molar refractivity (Wildman–Crippen MR) is 54.5 cm³/mol. The molecule has 16 heavy (non-hydrogen) atoms. The van der Waals surface area contributed by atoms with Gasteiger partial charge in [0, 0.05) is 0 Å². The lowest BCUT2D eigenvalue weighted by Crippen LogP contribution is -2.02. The molecule has 0 aliphatic carbocycles. The van der Waals surface area contributed by atoms with Gasteiger partial charge in [0.2, 0.25) is 6.33 Å². The highest BCUT2D eigenvalue weighted by Crippen LogP contribution is 2.12. The van der Waals surface area contributed by atoms with Crippen molar-refractivity contribution in [2.24, 2.45) is 0 Å². The second-order valence-electron chi connectivity index (χ2n) is 3.41. The molecule has 0 spiro atoms. The monoisotopic (exact) mass is 234 g/mol. The van der Waals surface area contributed by atoms with Gasteiger partial charge in [0.1, 0.15) is 0 Å². The third-order valence-electron chi connectivity index (χ3n) is 2.09. The van der Waals surface area contributed by atoms with E-state index in [4.69, 9.17) is 0 Å². The van der Waals surface area contributed by atoms with Gasteiger partial charge in [0.15, 0.2) is 11.0 Å². The van der Waals surface area contributed by atoms with Crippen LogP contribution in [0.2, 0.25) is 0 Å². The van der Waals surface area contributed by atoms with Gasteiger partial charge in [-0.15, -0.1) is 0 Å². The minimum atomic E-state index is -6.00. The Hall–Kier alpha value is -1.53. The van der Waals surface area contributed by atoms with Crippen LogP contribution in [-0.2, 0) is 0 Å². The molecule has 0 saturated heterocycles. The quantitative estimate of drug-likeness (QED) is 0.536. The van der Waals surface area contributed by atoms with Crippen molar-refractivity contribution in [2.75, 3.05) is 0 Å². The highest BCUT2D eigenvalue weighted by atomic mass is 19.5. The van der Waals surface area contributed by atoms with Crippen LogP contribution in [0, 0.1) is 13.8 Å². The first kappa shape index (κ1) is 12.5. The molecule has 0 fully saturated rings. The van der Waals surface area contributed by atoms with Crippen LogP contribution in [-0.4, -0.2) is 12.2 Å². The molecule has 1 aromatic carbocycles. The van der Waals surface area contributed by atoms with E-state index in [9.17, 15) is 17.3 Å². The molecule has 0 radical (unpaired) electrons. The Labute approximate surface area is 89.8 Å². The molecule has 0 amide bonds. The lowest BCUT2D eigenvalue weighted by molar-refractivity contribution is -0.344. The van der Waals surface area contributed by atoms with Crippen molar-refractivity contribution < 1.29 is 22.2 Å². The molecule has 2 rings (SSSR count). The number of hydrogen-bond acceptors (Lipinski definition) is 0. The second kappa shape index (κ2) is 4.55. The van der Waals surface area contributed by atoms with E-state index in [0.29, 0.717) is 0 Å². The Morgan fingerprint density at radius 2 is 1.56 bits per heavy atom. The molecular formula is C9H11BF4N2. The maximum atomic E-state index is 9.75. The molecule has 0 aliphatic heterocycles. The van der Waals surface area contributed by atoms with E-state index in [0.717, 1.165) is 0 Å². The summed E-state index contributed by atoms with van der Waals surface area (Å²) in [5, 5.41) is 0. The van der Waals surface area contributed by atoms with Crippen molar-refractivity contribution >= 4 is 18.3 Å². The number of benzene rings is 1. The lowest BCUT2D eigenvalue weighted by Gasteiger charge is -1.94. The molecule has 0 aliphatic rings. The number of rotatable bonds is 0. The number of aromatic nitrogens is 2. The molecule has 7 heteroatoms. The van der Waals surface area contributed by atoms with Gasteiger partial charge < -0.3 is 17.3 Å². The summed E-state index contributed by atoms with van der Waals surface area (Å²) in [5.74, 6) is 0. The standard InChI is InChI=1S/C9H10N2.BF4/c1-6-3-8-9(4-7(6)2)11-5-10-8;2-1(3,4)5/h3-5H,1-2H3,(H,10,11);/q;-1/p+1. The number of aromatic amines is 2. The average molecular weight is 234 g/mol. The van der Waals surface area contributed by atoms with E-state index in [1.54, 1.807) is 0 Å². The third kappa shape index (κ3) is 3.92. The number of H-pyrrole nitrogens is 2. The first-order valence-electron chi connectivity index (χ1n) is 4.60. The van der Waals surface area contributed by atoms with Crippen LogP contribution < -0.4 is 4.98 Å². The molecule has 88 valence electrons. The van der Waals surface area contributed by atoms with E-state index >= 15 is 0 Å². The summed E-state index contributed by atoms with van der Waals surface area (Å²) >= 11 is 0. The summed E-state index contributed by atoms with van der Waals surface area (Å²) in [6.45, 7) is 4.24. The summed E-state index contributed by atoms with van der Waals surface area (Å²) in [7, 11) is -6.00. The number of nitrogens with one attached hydrogen (secondary N) is 2. The van der Waals surface area contributed by atoms with Crippen LogP contribution >= 0.6 is 0 Å². The molecule has 2 N–H and O–H groups in total. The molecule has 1 aromatic heterocycles. The highest BCUT2D eigenvalue weighted by Gasteiger charge is 2.20. The van der Waals surface area contributed by atoms with E-state index in [1.807, 2.05) is 6.33 Å². The fourth-order valence-electron chi connectivity index (χ4n) is 1.25. The van der Waals surface area contributed by atoms with E-state index in [1.165, 1.54) is 22.2 Å². The first-order valence-corrected chi connectivity index (χ1v) is 4.60. The largest absolute Gasteiger partial charge is 0.673 e. The molecule has 0 saturated carbocycles. The summed E-state index contributed by atoms with van der Waals surface area (Å²) in [5.41, 5.74) is 5.00. The Kier molecular flexibility index (Phi) is 3.56. The average Bonchev–Trinajstić information content (AvgIpc) is 2.49. The predicted octanol–water partition coefficient (Wildman–Crippen LogP) is 2.90. The van der Waals surface area contributed by atoms with Crippen LogP contribution in [0.25, 0.3) is 11.0 Å². The molecule has 1 heterocycles. The number of halogens is 4. The van der Waals surface area contributed by atoms with E-state index < -0.39 is 7.25 Å². The summed E-state index contributed by atoms with van der Waals surface area (Å²) in [4.78, 5) is 6.26. The molecule has 2 nitrogen and oxygen atoms in total. The zero-order valence-electron chi connectivity index (χ0n) is 8.82. The van der Waals surface area contributed by atoms with Crippen LogP contribution in [0.5, 0.6) is 0 Å². The Morgan fingerprint density at radius 1 is 1.06 bits per heavy atom. The number of imidazole rings is 1. The van der Waals surface area contributed by atoms with Crippen molar-refractivity contribution in [3.8, 4) is 0 Å². The Morgan fingerprint density at radius 3 is 2.12 bits per heavy atom. The van der Waals surface area contributed by atoms with Crippen molar-refractivity contribution in [1.82, 2.24) is 4.98 Å². The van der Waals surface area contributed by atoms with Gasteiger partial charge in [-0.3, -0.25) is 0 Å². The Bertz CT molecular complexity index is 436. The molecule has 0 bridgehead atoms. The summed E-state index contributed by atoms with van der Waals surface area (Å²) < 4.78 is 39.0. The normalized spacial score (nSPS) is 11.1. The van der Waals surface area contributed by atoms with Crippen LogP contribution in [0.15, 0.2) is 18.5 Å². The lowest BCUT2D eigenvalue weighted by atomic mass is 10.1. The zero-order valence-corrected chi connectivity index (χ0v) is 8.82.